The second kappa shape index (κ2) is 4.33. The van der Waals surface area contributed by atoms with Gasteiger partial charge in [0.1, 0.15) is 4.21 Å². The molecule has 0 saturated heterocycles. The molecule has 2 rings (SSSR count). The molecule has 1 aliphatic rings. The largest absolute Gasteiger partial charge is 0.398 e. The molecule has 4 N–H and O–H groups in total. The lowest BCUT2D eigenvalue weighted by molar-refractivity contribution is 0.155. The van der Waals surface area contributed by atoms with E-state index in [-0.39, 0.29) is 16.7 Å². The molecule has 1 fully saturated rings. The van der Waals surface area contributed by atoms with Crippen molar-refractivity contribution in [2.45, 2.75) is 23.2 Å². The number of aliphatic hydroxyl groups excluding tert-OH is 1. The van der Waals surface area contributed by atoms with Gasteiger partial charge in [-0.1, -0.05) is 0 Å². The molecule has 90 valence electrons. The summed E-state index contributed by atoms with van der Waals surface area (Å²) in [4.78, 5) is 0. The summed E-state index contributed by atoms with van der Waals surface area (Å²) < 4.78 is 26.0. The number of aliphatic hydroxyl groups is 1. The number of nitrogens with one attached hydrogen (secondary N) is 1. The van der Waals surface area contributed by atoms with Crippen LogP contribution in [0.4, 0.5) is 5.69 Å². The maximum Gasteiger partial charge on any atom is 0.250 e. The lowest BCUT2D eigenvalue weighted by Crippen LogP contribution is -2.32. The Hall–Kier alpha value is -0.630. The molecule has 1 heterocycles. The van der Waals surface area contributed by atoms with Crippen LogP contribution in [0.1, 0.15) is 12.8 Å². The van der Waals surface area contributed by atoms with Crippen LogP contribution in [-0.4, -0.2) is 26.2 Å². The van der Waals surface area contributed by atoms with Crippen LogP contribution >= 0.6 is 11.3 Å². The quantitative estimate of drug-likeness (QED) is 0.715. The normalized spacial score (nSPS) is 18.6. The number of rotatable bonds is 5. The predicted molar refractivity (Wildman–Crippen MR) is 62.7 cm³/mol. The van der Waals surface area contributed by atoms with Crippen molar-refractivity contribution in [3.63, 3.8) is 0 Å². The van der Waals surface area contributed by atoms with E-state index in [4.69, 9.17) is 5.73 Å². The number of nitrogens with two attached hydrogens (primary N) is 1. The zero-order chi connectivity index (χ0) is 11.8. The summed E-state index contributed by atoms with van der Waals surface area (Å²) in [6.45, 7) is 0.0742. The van der Waals surface area contributed by atoms with E-state index in [0.717, 1.165) is 24.2 Å². The number of thiophene rings is 1. The SMILES string of the molecule is Nc1csc(S(=O)(=O)NCC(O)C2CC2)c1. The number of sulfonamides is 1. The molecule has 0 amide bonds. The lowest BCUT2D eigenvalue weighted by atomic mass is 10.2. The molecular weight excluding hydrogens is 248 g/mol. The number of hydrogen-bond acceptors (Lipinski definition) is 5. The highest BCUT2D eigenvalue weighted by Crippen LogP contribution is 2.32. The van der Waals surface area contributed by atoms with Gasteiger partial charge in [0.05, 0.1) is 6.10 Å². The minimum absolute atomic E-state index is 0.0742. The summed E-state index contributed by atoms with van der Waals surface area (Å²) in [6, 6.07) is 1.41. The molecular formula is C9H14N2O3S2. The van der Waals surface area contributed by atoms with Gasteiger partial charge in [0.2, 0.25) is 10.0 Å². The van der Waals surface area contributed by atoms with Crippen molar-refractivity contribution >= 4 is 27.0 Å². The third-order valence-electron chi connectivity index (χ3n) is 2.51. The highest BCUT2D eigenvalue weighted by atomic mass is 32.2. The third-order valence-corrected chi connectivity index (χ3v) is 5.39. The standard InChI is InChI=1S/C9H14N2O3S2/c10-7-3-9(15-5-7)16(13,14)11-4-8(12)6-1-2-6/h3,5-6,8,11-12H,1-2,4,10H2. The van der Waals surface area contributed by atoms with Crippen molar-refractivity contribution in [1.29, 1.82) is 0 Å². The Labute approximate surface area is 98.3 Å². The summed E-state index contributed by atoms with van der Waals surface area (Å²) in [5.74, 6) is 0.260. The Morgan fingerprint density at radius 3 is 2.81 bits per heavy atom. The Kier molecular flexibility index (Phi) is 3.20. The zero-order valence-electron chi connectivity index (χ0n) is 8.59. The number of anilines is 1. The zero-order valence-corrected chi connectivity index (χ0v) is 10.2. The number of nitrogen functional groups attached to an aromatic ring is 1. The topological polar surface area (TPSA) is 92.4 Å². The summed E-state index contributed by atoms with van der Waals surface area (Å²) in [5, 5.41) is 11.1. The molecule has 16 heavy (non-hydrogen) atoms. The number of hydrogen-bond donors (Lipinski definition) is 3. The molecule has 7 heteroatoms. The first kappa shape index (κ1) is 11.8. The third kappa shape index (κ3) is 2.73. The first-order chi connectivity index (χ1) is 7.49. The van der Waals surface area contributed by atoms with Gasteiger partial charge in [-0.3, -0.25) is 0 Å². The average Bonchev–Trinajstić information content (AvgIpc) is 2.98. The van der Waals surface area contributed by atoms with Gasteiger partial charge in [-0.15, -0.1) is 11.3 Å². The van der Waals surface area contributed by atoms with Crippen molar-refractivity contribution in [3.05, 3.63) is 11.4 Å². The van der Waals surface area contributed by atoms with E-state index in [1.807, 2.05) is 0 Å². The highest BCUT2D eigenvalue weighted by Gasteiger charge is 2.30. The van der Waals surface area contributed by atoms with E-state index in [1.165, 1.54) is 6.07 Å². The van der Waals surface area contributed by atoms with E-state index < -0.39 is 16.1 Å². The molecule has 0 bridgehead atoms. The smallest absolute Gasteiger partial charge is 0.250 e. The van der Waals surface area contributed by atoms with Crippen molar-refractivity contribution in [3.8, 4) is 0 Å². The molecule has 1 aromatic heterocycles. The maximum absolute atomic E-state index is 11.7. The van der Waals surface area contributed by atoms with Gasteiger partial charge in [0, 0.05) is 17.6 Å². The summed E-state index contributed by atoms with van der Waals surface area (Å²) in [7, 11) is -3.51. The van der Waals surface area contributed by atoms with Crippen molar-refractivity contribution < 1.29 is 13.5 Å². The fourth-order valence-electron chi connectivity index (χ4n) is 1.39. The van der Waals surface area contributed by atoms with Crippen LogP contribution in [0.15, 0.2) is 15.7 Å². The Balaban J connectivity index is 1.97. The van der Waals surface area contributed by atoms with E-state index in [9.17, 15) is 13.5 Å². The molecule has 5 nitrogen and oxygen atoms in total. The van der Waals surface area contributed by atoms with E-state index in [1.54, 1.807) is 5.38 Å². The second-order valence-electron chi connectivity index (χ2n) is 3.96. The molecule has 0 aromatic carbocycles. The van der Waals surface area contributed by atoms with Gasteiger partial charge in [-0.2, -0.15) is 0 Å². The van der Waals surface area contributed by atoms with E-state index in [0.29, 0.717) is 5.69 Å². The molecule has 0 radical (unpaired) electrons. The lowest BCUT2D eigenvalue weighted by Gasteiger charge is -2.09. The van der Waals surface area contributed by atoms with Gasteiger partial charge < -0.3 is 10.8 Å². The van der Waals surface area contributed by atoms with Crippen LogP contribution in [0, 0.1) is 5.92 Å². The van der Waals surface area contributed by atoms with Crippen LogP contribution in [0.3, 0.4) is 0 Å². The Morgan fingerprint density at radius 1 is 1.62 bits per heavy atom. The van der Waals surface area contributed by atoms with E-state index >= 15 is 0 Å². The fraction of sp³-hybridized carbons (Fsp3) is 0.556. The van der Waals surface area contributed by atoms with Crippen LogP contribution < -0.4 is 10.5 Å². The summed E-state index contributed by atoms with van der Waals surface area (Å²) in [6.07, 6.45) is 1.39. The maximum atomic E-state index is 11.7. The molecule has 1 atom stereocenters. The van der Waals surface area contributed by atoms with E-state index in [2.05, 4.69) is 4.72 Å². The Bertz CT molecular complexity index is 465. The van der Waals surface area contributed by atoms with Crippen LogP contribution in [-0.2, 0) is 10.0 Å². The van der Waals surface area contributed by atoms with Crippen molar-refractivity contribution in [1.82, 2.24) is 4.72 Å². The first-order valence-corrected chi connectivity index (χ1v) is 7.37. The summed E-state index contributed by atoms with van der Waals surface area (Å²) >= 11 is 1.08. The predicted octanol–water partition coefficient (Wildman–Crippen LogP) is 0.379. The summed E-state index contributed by atoms with van der Waals surface area (Å²) in [5.41, 5.74) is 5.90. The van der Waals surface area contributed by atoms with Crippen molar-refractivity contribution in [2.24, 2.45) is 5.92 Å². The highest BCUT2D eigenvalue weighted by molar-refractivity contribution is 7.91. The van der Waals surface area contributed by atoms with Gasteiger partial charge in [0.25, 0.3) is 0 Å². The van der Waals surface area contributed by atoms with Crippen molar-refractivity contribution in [2.75, 3.05) is 12.3 Å². The van der Waals surface area contributed by atoms with Gasteiger partial charge in [0.15, 0.2) is 0 Å². The Morgan fingerprint density at radius 2 is 2.31 bits per heavy atom. The molecule has 0 aliphatic heterocycles. The molecule has 1 aromatic rings. The molecule has 0 spiro atoms. The monoisotopic (exact) mass is 262 g/mol. The van der Waals surface area contributed by atoms with Crippen LogP contribution in [0.2, 0.25) is 0 Å². The minimum Gasteiger partial charge on any atom is -0.398 e. The second-order valence-corrected chi connectivity index (χ2v) is 6.86. The molecule has 1 saturated carbocycles. The minimum atomic E-state index is -3.51. The van der Waals surface area contributed by atoms with Gasteiger partial charge in [-0.25, -0.2) is 13.1 Å². The molecule has 1 aliphatic carbocycles. The average molecular weight is 262 g/mol. The first-order valence-electron chi connectivity index (χ1n) is 5.01. The molecule has 1 unspecified atom stereocenters. The van der Waals surface area contributed by atoms with Gasteiger partial charge >= 0.3 is 0 Å². The van der Waals surface area contributed by atoms with Crippen LogP contribution in [0.5, 0.6) is 0 Å². The van der Waals surface area contributed by atoms with Crippen LogP contribution in [0.25, 0.3) is 0 Å². The fourth-order valence-corrected chi connectivity index (χ4v) is 3.56. The van der Waals surface area contributed by atoms with Gasteiger partial charge in [-0.05, 0) is 24.8 Å².